The second kappa shape index (κ2) is 4.50. The molecule has 19 heavy (non-hydrogen) atoms. The molecule has 3 rings (SSSR count). The highest BCUT2D eigenvalue weighted by Gasteiger charge is 2.32. The third-order valence-electron chi connectivity index (χ3n) is 3.53. The van der Waals surface area contributed by atoms with Gasteiger partial charge in [0.05, 0.1) is 5.56 Å². The molecular formula is C14H14N2O3. The van der Waals surface area contributed by atoms with Crippen LogP contribution in [0.1, 0.15) is 41.9 Å². The fourth-order valence-corrected chi connectivity index (χ4v) is 2.13. The summed E-state index contributed by atoms with van der Waals surface area (Å²) in [5.41, 5.74) is 0.886. The molecule has 1 unspecified atom stereocenters. The van der Waals surface area contributed by atoms with Gasteiger partial charge in [0.2, 0.25) is 11.7 Å². The molecule has 0 saturated heterocycles. The summed E-state index contributed by atoms with van der Waals surface area (Å²) in [4.78, 5) is 15.3. The highest BCUT2D eigenvalue weighted by Crippen LogP contribution is 2.41. The maximum atomic E-state index is 10.9. The summed E-state index contributed by atoms with van der Waals surface area (Å²) in [6, 6.07) is 6.56. The van der Waals surface area contributed by atoms with E-state index in [1.54, 1.807) is 24.3 Å². The van der Waals surface area contributed by atoms with Gasteiger partial charge in [-0.2, -0.15) is 4.98 Å². The Balaban J connectivity index is 1.89. The topological polar surface area (TPSA) is 76.2 Å². The molecule has 0 aliphatic heterocycles. The molecule has 1 saturated carbocycles. The minimum atomic E-state index is -0.961. The zero-order valence-corrected chi connectivity index (χ0v) is 10.5. The van der Waals surface area contributed by atoms with Crippen molar-refractivity contribution in [2.75, 3.05) is 0 Å². The molecule has 5 heteroatoms. The molecule has 0 spiro atoms. The summed E-state index contributed by atoms with van der Waals surface area (Å²) in [5.74, 6) is 1.06. The quantitative estimate of drug-likeness (QED) is 0.912. The normalized spacial score (nSPS) is 16.3. The summed E-state index contributed by atoms with van der Waals surface area (Å²) >= 11 is 0. The van der Waals surface area contributed by atoms with Crippen LogP contribution in [0, 0.1) is 5.92 Å². The number of aromatic carboxylic acids is 1. The molecule has 1 fully saturated rings. The lowest BCUT2D eigenvalue weighted by Crippen LogP contribution is -1.97. The zero-order chi connectivity index (χ0) is 13.4. The molecule has 1 aliphatic carbocycles. The van der Waals surface area contributed by atoms with Crippen LogP contribution < -0.4 is 0 Å². The summed E-state index contributed by atoms with van der Waals surface area (Å²) in [6.45, 7) is 2.09. The van der Waals surface area contributed by atoms with E-state index in [4.69, 9.17) is 9.63 Å². The number of hydrogen-bond acceptors (Lipinski definition) is 4. The molecule has 0 bridgehead atoms. The molecule has 1 aliphatic rings. The Kier molecular flexibility index (Phi) is 2.81. The first-order valence-electron chi connectivity index (χ1n) is 6.32. The van der Waals surface area contributed by atoms with E-state index < -0.39 is 5.97 Å². The summed E-state index contributed by atoms with van der Waals surface area (Å²) < 4.78 is 5.27. The number of hydrogen-bond donors (Lipinski definition) is 1. The van der Waals surface area contributed by atoms with Crippen LogP contribution in [0.25, 0.3) is 11.4 Å². The van der Waals surface area contributed by atoms with E-state index in [0.29, 0.717) is 23.2 Å². The SMILES string of the molecule is CC(c1nc(-c2cccc(C(=O)O)c2)no1)C1CC1. The molecule has 1 heterocycles. The molecule has 2 aromatic rings. The van der Waals surface area contributed by atoms with Crippen LogP contribution in [0.15, 0.2) is 28.8 Å². The summed E-state index contributed by atoms with van der Waals surface area (Å²) in [5, 5.41) is 12.9. The van der Waals surface area contributed by atoms with Crippen molar-refractivity contribution in [3.8, 4) is 11.4 Å². The largest absolute Gasteiger partial charge is 0.478 e. The van der Waals surface area contributed by atoms with E-state index in [2.05, 4.69) is 17.1 Å². The predicted octanol–water partition coefficient (Wildman–Crippen LogP) is 2.95. The van der Waals surface area contributed by atoms with Crippen molar-refractivity contribution in [1.29, 1.82) is 0 Å². The first-order valence-corrected chi connectivity index (χ1v) is 6.32. The van der Waals surface area contributed by atoms with Gasteiger partial charge >= 0.3 is 5.97 Å². The van der Waals surface area contributed by atoms with Crippen molar-refractivity contribution in [3.63, 3.8) is 0 Å². The van der Waals surface area contributed by atoms with Crippen molar-refractivity contribution in [3.05, 3.63) is 35.7 Å². The summed E-state index contributed by atoms with van der Waals surface area (Å²) in [7, 11) is 0. The molecule has 98 valence electrons. The van der Waals surface area contributed by atoms with Crippen LogP contribution in [-0.4, -0.2) is 21.2 Å². The Morgan fingerprint density at radius 1 is 1.47 bits per heavy atom. The van der Waals surface area contributed by atoms with E-state index >= 15 is 0 Å². The Bertz CT molecular complexity index is 617. The van der Waals surface area contributed by atoms with Gasteiger partial charge in [0.15, 0.2) is 0 Å². The highest BCUT2D eigenvalue weighted by atomic mass is 16.5. The number of aromatic nitrogens is 2. The monoisotopic (exact) mass is 258 g/mol. The second-order valence-electron chi connectivity index (χ2n) is 4.97. The van der Waals surface area contributed by atoms with Gasteiger partial charge < -0.3 is 9.63 Å². The lowest BCUT2D eigenvalue weighted by Gasteiger charge is -2.01. The van der Waals surface area contributed by atoms with Crippen molar-refractivity contribution in [1.82, 2.24) is 10.1 Å². The Labute approximate surface area is 110 Å². The molecule has 1 N–H and O–H groups in total. The lowest BCUT2D eigenvalue weighted by molar-refractivity contribution is 0.0697. The van der Waals surface area contributed by atoms with Crippen molar-refractivity contribution in [2.45, 2.75) is 25.7 Å². The maximum absolute atomic E-state index is 10.9. The van der Waals surface area contributed by atoms with Crippen LogP contribution in [0.5, 0.6) is 0 Å². The Morgan fingerprint density at radius 3 is 2.95 bits per heavy atom. The van der Waals surface area contributed by atoms with E-state index in [-0.39, 0.29) is 11.5 Å². The van der Waals surface area contributed by atoms with E-state index in [9.17, 15) is 4.79 Å². The number of carboxylic acids is 1. The number of nitrogens with zero attached hydrogens (tertiary/aromatic N) is 2. The number of carbonyl (C=O) groups is 1. The van der Waals surface area contributed by atoms with E-state index in [0.717, 1.165) is 0 Å². The van der Waals surface area contributed by atoms with Gasteiger partial charge in [-0.05, 0) is 30.9 Å². The van der Waals surface area contributed by atoms with Gasteiger partial charge in [0, 0.05) is 11.5 Å². The molecule has 1 atom stereocenters. The molecule has 5 nitrogen and oxygen atoms in total. The Hall–Kier alpha value is -2.17. The number of benzene rings is 1. The molecule has 1 aromatic carbocycles. The van der Waals surface area contributed by atoms with Gasteiger partial charge in [0.25, 0.3) is 0 Å². The standard InChI is InChI=1S/C14H14N2O3/c1-8(9-5-6-9)13-15-12(16-19-13)10-3-2-4-11(7-10)14(17)18/h2-4,7-9H,5-6H2,1H3,(H,17,18). The number of carboxylic acid groups (broad SMARTS) is 1. The average molecular weight is 258 g/mol. The van der Waals surface area contributed by atoms with E-state index in [1.165, 1.54) is 12.8 Å². The third-order valence-corrected chi connectivity index (χ3v) is 3.53. The third kappa shape index (κ3) is 2.36. The highest BCUT2D eigenvalue weighted by molar-refractivity contribution is 5.89. The van der Waals surface area contributed by atoms with E-state index in [1.807, 2.05) is 0 Å². The Morgan fingerprint density at radius 2 is 2.26 bits per heavy atom. The fraction of sp³-hybridized carbons (Fsp3) is 0.357. The first-order chi connectivity index (χ1) is 9.15. The second-order valence-corrected chi connectivity index (χ2v) is 4.97. The molecule has 0 amide bonds. The van der Waals surface area contributed by atoms with Crippen LogP contribution in [-0.2, 0) is 0 Å². The average Bonchev–Trinajstić information content (AvgIpc) is 3.15. The van der Waals surface area contributed by atoms with Crippen LogP contribution in [0.4, 0.5) is 0 Å². The zero-order valence-electron chi connectivity index (χ0n) is 10.5. The first kappa shape index (κ1) is 11.9. The van der Waals surface area contributed by atoms with Crippen molar-refractivity contribution < 1.29 is 14.4 Å². The lowest BCUT2D eigenvalue weighted by atomic mass is 10.1. The van der Waals surface area contributed by atoms with Crippen molar-refractivity contribution >= 4 is 5.97 Å². The molecule has 1 aromatic heterocycles. The molecular weight excluding hydrogens is 244 g/mol. The fourth-order valence-electron chi connectivity index (χ4n) is 2.13. The minimum absolute atomic E-state index is 0.221. The molecule has 0 radical (unpaired) electrons. The summed E-state index contributed by atoms with van der Waals surface area (Å²) in [6.07, 6.45) is 2.43. The van der Waals surface area contributed by atoms with Gasteiger partial charge in [-0.15, -0.1) is 0 Å². The van der Waals surface area contributed by atoms with Crippen LogP contribution in [0.3, 0.4) is 0 Å². The minimum Gasteiger partial charge on any atom is -0.478 e. The van der Waals surface area contributed by atoms with Gasteiger partial charge in [-0.1, -0.05) is 24.2 Å². The van der Waals surface area contributed by atoms with Gasteiger partial charge in [-0.3, -0.25) is 0 Å². The predicted molar refractivity (Wildman–Crippen MR) is 67.8 cm³/mol. The maximum Gasteiger partial charge on any atom is 0.335 e. The number of rotatable bonds is 4. The smallest absolute Gasteiger partial charge is 0.335 e. The van der Waals surface area contributed by atoms with Crippen molar-refractivity contribution in [2.24, 2.45) is 5.92 Å². The van der Waals surface area contributed by atoms with Gasteiger partial charge in [-0.25, -0.2) is 4.79 Å². The van der Waals surface area contributed by atoms with Crippen LogP contribution >= 0.6 is 0 Å². The van der Waals surface area contributed by atoms with Crippen LogP contribution in [0.2, 0.25) is 0 Å². The van der Waals surface area contributed by atoms with Gasteiger partial charge in [0.1, 0.15) is 0 Å².